The third-order valence-corrected chi connectivity index (χ3v) is 6.40. The molecule has 4 heterocycles. The molecule has 0 saturated heterocycles. The molecule has 0 saturated carbocycles. The first-order valence-electron chi connectivity index (χ1n) is 9.23. The van der Waals surface area contributed by atoms with Gasteiger partial charge in [0.1, 0.15) is 10.7 Å². The van der Waals surface area contributed by atoms with Crippen LogP contribution in [-0.4, -0.2) is 28.7 Å². The van der Waals surface area contributed by atoms with Gasteiger partial charge in [-0.15, -0.1) is 11.3 Å². The smallest absolute Gasteiger partial charge is 0.317 e. The average molecular weight is 455 g/mol. The molecule has 0 aliphatic carbocycles. The van der Waals surface area contributed by atoms with Crippen LogP contribution in [-0.2, 0) is 20.6 Å². The Kier molecular flexibility index (Phi) is 4.42. The molecule has 1 aromatic carbocycles. The Morgan fingerprint density at radius 1 is 1.10 bits per heavy atom. The van der Waals surface area contributed by atoms with E-state index in [1.165, 1.54) is 29.3 Å². The Morgan fingerprint density at radius 2 is 1.87 bits per heavy atom. The van der Waals surface area contributed by atoms with Crippen LogP contribution >= 0.6 is 22.9 Å². The largest absolute Gasteiger partial charge is 0.332 e. The minimum Gasteiger partial charge on any atom is -0.317 e. The number of aryl methyl sites for hydroxylation is 1. The number of aromatic amines is 1. The summed E-state index contributed by atoms with van der Waals surface area (Å²) >= 11 is 7.65. The molecule has 1 N–H and O–H groups in total. The van der Waals surface area contributed by atoms with Gasteiger partial charge in [-0.25, -0.2) is 14.8 Å². The Hall–Kier alpha value is -3.50. The number of rotatable bonds is 3. The standard InChI is InChI=1S/C20H15ClN6O3S/c1-25-16-15(19(29)26(2)20(25)30)27(9-22-16)7-13-23-17(28)14-11(8-31-18(14)24-13)10-5-3-4-6-12(10)21/h3-6,8-9H,7H2,1-2H3,(H,23,24,28). The molecule has 0 bridgehead atoms. The van der Waals surface area contributed by atoms with Gasteiger partial charge in [0.15, 0.2) is 11.2 Å². The molecule has 0 amide bonds. The molecular weight excluding hydrogens is 440 g/mol. The minimum absolute atomic E-state index is 0.119. The van der Waals surface area contributed by atoms with Gasteiger partial charge in [-0.1, -0.05) is 29.8 Å². The lowest BCUT2D eigenvalue weighted by Crippen LogP contribution is -2.37. The summed E-state index contributed by atoms with van der Waals surface area (Å²) in [5.74, 6) is 0.375. The Labute approximate surface area is 182 Å². The zero-order valence-corrected chi connectivity index (χ0v) is 18.0. The van der Waals surface area contributed by atoms with Gasteiger partial charge in [-0.2, -0.15) is 0 Å². The van der Waals surface area contributed by atoms with Crippen LogP contribution in [0, 0.1) is 0 Å². The summed E-state index contributed by atoms with van der Waals surface area (Å²) in [7, 11) is 2.96. The van der Waals surface area contributed by atoms with Crippen molar-refractivity contribution in [2.24, 2.45) is 14.1 Å². The summed E-state index contributed by atoms with van der Waals surface area (Å²) in [5, 5.41) is 2.88. The third-order valence-electron chi connectivity index (χ3n) is 5.19. The van der Waals surface area contributed by atoms with Crippen molar-refractivity contribution >= 4 is 44.3 Å². The lowest BCUT2D eigenvalue weighted by atomic mass is 10.1. The summed E-state index contributed by atoms with van der Waals surface area (Å²) in [6.45, 7) is 0.119. The van der Waals surface area contributed by atoms with Crippen molar-refractivity contribution < 1.29 is 0 Å². The molecule has 4 aromatic heterocycles. The fourth-order valence-electron chi connectivity index (χ4n) is 3.62. The molecule has 11 heteroatoms. The molecule has 5 rings (SSSR count). The highest BCUT2D eigenvalue weighted by Gasteiger charge is 2.17. The number of nitrogens with zero attached hydrogens (tertiary/aromatic N) is 5. The highest BCUT2D eigenvalue weighted by Crippen LogP contribution is 2.34. The van der Waals surface area contributed by atoms with E-state index in [1.807, 2.05) is 23.6 Å². The van der Waals surface area contributed by atoms with Gasteiger partial charge in [0.2, 0.25) is 0 Å². The van der Waals surface area contributed by atoms with Crippen LogP contribution in [0.25, 0.3) is 32.5 Å². The molecule has 0 atom stereocenters. The topological polar surface area (TPSA) is 108 Å². The van der Waals surface area contributed by atoms with E-state index in [9.17, 15) is 14.4 Å². The molecule has 0 spiro atoms. The zero-order chi connectivity index (χ0) is 21.9. The van der Waals surface area contributed by atoms with Crippen LogP contribution in [0.5, 0.6) is 0 Å². The summed E-state index contributed by atoms with van der Waals surface area (Å²) < 4.78 is 3.90. The van der Waals surface area contributed by atoms with Crippen LogP contribution in [0.4, 0.5) is 0 Å². The first-order valence-corrected chi connectivity index (χ1v) is 10.5. The van der Waals surface area contributed by atoms with Crippen molar-refractivity contribution in [2.75, 3.05) is 0 Å². The number of fused-ring (bicyclic) bond motifs is 2. The van der Waals surface area contributed by atoms with Gasteiger partial charge in [0.25, 0.3) is 11.1 Å². The van der Waals surface area contributed by atoms with Crippen molar-refractivity contribution in [1.29, 1.82) is 0 Å². The first kappa shape index (κ1) is 19.5. The van der Waals surface area contributed by atoms with E-state index in [0.717, 1.165) is 15.7 Å². The van der Waals surface area contributed by atoms with E-state index in [-0.39, 0.29) is 23.3 Å². The predicted octanol–water partition coefficient (Wildman–Crippen LogP) is 2.10. The van der Waals surface area contributed by atoms with E-state index >= 15 is 0 Å². The molecule has 0 aliphatic rings. The molecule has 0 unspecified atom stereocenters. The SMILES string of the molecule is Cn1c(=O)c2c(ncn2Cc2nc3scc(-c4ccccc4Cl)c3c(=O)[nH]2)n(C)c1=O. The first-order chi connectivity index (χ1) is 14.9. The van der Waals surface area contributed by atoms with Crippen LogP contribution in [0.15, 0.2) is 50.4 Å². The number of thiophene rings is 1. The lowest BCUT2D eigenvalue weighted by Gasteiger charge is -2.07. The fourth-order valence-corrected chi connectivity index (χ4v) is 4.82. The van der Waals surface area contributed by atoms with Crippen LogP contribution in [0.3, 0.4) is 0 Å². The number of nitrogens with one attached hydrogen (secondary N) is 1. The highest BCUT2D eigenvalue weighted by molar-refractivity contribution is 7.17. The van der Waals surface area contributed by atoms with Crippen molar-refractivity contribution in [3.05, 3.63) is 78.0 Å². The van der Waals surface area contributed by atoms with Crippen molar-refractivity contribution in [3.63, 3.8) is 0 Å². The Bertz CT molecular complexity index is 1670. The molecule has 5 aromatic rings. The lowest BCUT2D eigenvalue weighted by molar-refractivity contribution is 0.698. The Morgan fingerprint density at radius 3 is 2.65 bits per heavy atom. The van der Waals surface area contributed by atoms with E-state index in [1.54, 1.807) is 17.7 Å². The number of hydrogen-bond donors (Lipinski definition) is 1. The van der Waals surface area contributed by atoms with Gasteiger partial charge in [-0.05, 0) is 6.07 Å². The molecule has 156 valence electrons. The van der Waals surface area contributed by atoms with Gasteiger partial charge in [0.05, 0.1) is 18.3 Å². The van der Waals surface area contributed by atoms with E-state index < -0.39 is 11.2 Å². The van der Waals surface area contributed by atoms with E-state index in [2.05, 4.69) is 15.0 Å². The maximum absolute atomic E-state index is 12.9. The second-order valence-electron chi connectivity index (χ2n) is 7.07. The maximum atomic E-state index is 12.9. The predicted molar refractivity (Wildman–Crippen MR) is 120 cm³/mol. The summed E-state index contributed by atoms with van der Waals surface area (Å²) in [6, 6.07) is 7.32. The molecular formula is C20H15ClN6O3S. The van der Waals surface area contributed by atoms with E-state index in [0.29, 0.717) is 21.1 Å². The van der Waals surface area contributed by atoms with Crippen LogP contribution in [0.1, 0.15) is 5.82 Å². The number of aromatic nitrogens is 6. The minimum atomic E-state index is -0.462. The average Bonchev–Trinajstić information content (AvgIpc) is 3.36. The van der Waals surface area contributed by atoms with Crippen LogP contribution < -0.4 is 16.8 Å². The van der Waals surface area contributed by atoms with Crippen molar-refractivity contribution in [3.8, 4) is 11.1 Å². The number of imidazole rings is 1. The second-order valence-corrected chi connectivity index (χ2v) is 8.34. The number of H-pyrrole nitrogens is 1. The summed E-state index contributed by atoms with van der Waals surface area (Å²) in [6.07, 6.45) is 1.46. The molecule has 0 aliphatic heterocycles. The maximum Gasteiger partial charge on any atom is 0.332 e. The molecule has 0 radical (unpaired) electrons. The second kappa shape index (κ2) is 7.03. The van der Waals surface area contributed by atoms with Gasteiger partial charge in [0, 0.05) is 35.6 Å². The van der Waals surface area contributed by atoms with E-state index in [4.69, 9.17) is 11.6 Å². The Balaban J connectivity index is 1.64. The number of halogens is 1. The number of hydrogen-bond acceptors (Lipinski definition) is 6. The number of benzene rings is 1. The highest BCUT2D eigenvalue weighted by atomic mass is 35.5. The monoisotopic (exact) mass is 454 g/mol. The molecule has 0 fully saturated rings. The van der Waals surface area contributed by atoms with Gasteiger partial charge >= 0.3 is 5.69 Å². The summed E-state index contributed by atoms with van der Waals surface area (Å²) in [4.78, 5) is 49.8. The van der Waals surface area contributed by atoms with Gasteiger partial charge < -0.3 is 9.55 Å². The molecule has 31 heavy (non-hydrogen) atoms. The molecule has 9 nitrogen and oxygen atoms in total. The van der Waals surface area contributed by atoms with Crippen molar-refractivity contribution in [1.82, 2.24) is 28.7 Å². The third kappa shape index (κ3) is 2.94. The van der Waals surface area contributed by atoms with Crippen LogP contribution in [0.2, 0.25) is 5.02 Å². The van der Waals surface area contributed by atoms with Crippen molar-refractivity contribution in [2.45, 2.75) is 6.54 Å². The normalized spacial score (nSPS) is 11.6. The zero-order valence-electron chi connectivity index (χ0n) is 16.4. The fraction of sp³-hybridized carbons (Fsp3) is 0.150. The van der Waals surface area contributed by atoms with Gasteiger partial charge in [-0.3, -0.25) is 18.7 Å². The summed E-state index contributed by atoms with van der Waals surface area (Å²) in [5.41, 5.74) is 0.811. The quantitative estimate of drug-likeness (QED) is 0.449.